The van der Waals surface area contributed by atoms with Gasteiger partial charge in [-0.2, -0.15) is 0 Å². The maximum atomic E-state index is 11.7. The quantitative estimate of drug-likeness (QED) is 0.709. The number of carbonyl (C=O) groups excluding carboxylic acids is 1. The molecule has 1 saturated heterocycles. The number of primary amides is 1. The molecule has 2 fully saturated rings. The van der Waals surface area contributed by atoms with Gasteiger partial charge in [0, 0.05) is 44.8 Å². The molecule has 0 bridgehead atoms. The Morgan fingerprint density at radius 3 is 2.35 bits per heavy atom. The number of nitrogens with two attached hydrogens (primary N) is 1. The predicted octanol–water partition coefficient (Wildman–Crippen LogP) is 0.399. The SMILES string of the molecule is CC(C)NC(C)(CCN1CCN(C2CC2)CC1)C(N)=O. The van der Waals surface area contributed by atoms with E-state index in [4.69, 9.17) is 5.73 Å². The van der Waals surface area contributed by atoms with Gasteiger partial charge in [0.25, 0.3) is 0 Å². The molecule has 1 saturated carbocycles. The van der Waals surface area contributed by atoms with Crippen LogP contribution in [0, 0.1) is 0 Å². The molecule has 1 aliphatic carbocycles. The van der Waals surface area contributed by atoms with Crippen molar-refractivity contribution in [1.82, 2.24) is 15.1 Å². The second-order valence-electron chi connectivity index (χ2n) is 6.85. The van der Waals surface area contributed by atoms with Crippen LogP contribution < -0.4 is 11.1 Å². The van der Waals surface area contributed by atoms with Crippen molar-refractivity contribution in [2.24, 2.45) is 5.73 Å². The van der Waals surface area contributed by atoms with Crippen molar-refractivity contribution >= 4 is 5.91 Å². The third-order valence-corrected chi connectivity index (χ3v) is 4.55. The minimum Gasteiger partial charge on any atom is -0.368 e. The minimum absolute atomic E-state index is 0.247. The maximum absolute atomic E-state index is 11.7. The molecule has 1 aliphatic heterocycles. The largest absolute Gasteiger partial charge is 0.368 e. The van der Waals surface area contributed by atoms with Gasteiger partial charge < -0.3 is 16.0 Å². The molecule has 0 aromatic heterocycles. The second kappa shape index (κ2) is 6.41. The summed E-state index contributed by atoms with van der Waals surface area (Å²) in [6, 6.07) is 1.13. The Labute approximate surface area is 122 Å². The van der Waals surface area contributed by atoms with Crippen LogP contribution in [0.1, 0.15) is 40.0 Å². The zero-order valence-electron chi connectivity index (χ0n) is 13.2. The van der Waals surface area contributed by atoms with Crippen LogP contribution in [0.5, 0.6) is 0 Å². The summed E-state index contributed by atoms with van der Waals surface area (Å²) in [5.41, 5.74) is 4.98. The fraction of sp³-hybridized carbons (Fsp3) is 0.933. The van der Waals surface area contributed by atoms with E-state index < -0.39 is 5.54 Å². The molecule has 20 heavy (non-hydrogen) atoms. The van der Waals surface area contributed by atoms with Crippen LogP contribution >= 0.6 is 0 Å². The highest BCUT2D eigenvalue weighted by molar-refractivity contribution is 5.84. The summed E-state index contributed by atoms with van der Waals surface area (Å²) >= 11 is 0. The summed E-state index contributed by atoms with van der Waals surface area (Å²) in [7, 11) is 0. The van der Waals surface area contributed by atoms with Gasteiger partial charge in [-0.25, -0.2) is 0 Å². The van der Waals surface area contributed by atoms with Gasteiger partial charge in [0.1, 0.15) is 0 Å². The summed E-state index contributed by atoms with van der Waals surface area (Å²) in [4.78, 5) is 16.8. The molecule has 0 aromatic carbocycles. The molecule has 2 rings (SSSR count). The van der Waals surface area contributed by atoms with Crippen molar-refractivity contribution in [3.63, 3.8) is 0 Å². The van der Waals surface area contributed by atoms with Crippen LogP contribution in [0.2, 0.25) is 0 Å². The predicted molar refractivity (Wildman–Crippen MR) is 81.5 cm³/mol. The van der Waals surface area contributed by atoms with Gasteiger partial charge in [-0.05, 0) is 40.0 Å². The minimum atomic E-state index is -0.595. The fourth-order valence-electron chi connectivity index (χ4n) is 3.08. The number of piperazine rings is 1. The lowest BCUT2D eigenvalue weighted by atomic mass is 9.95. The molecular weight excluding hydrogens is 252 g/mol. The van der Waals surface area contributed by atoms with Crippen molar-refractivity contribution in [3.8, 4) is 0 Å². The molecule has 1 amide bonds. The van der Waals surface area contributed by atoms with Gasteiger partial charge in [0.05, 0.1) is 5.54 Å². The summed E-state index contributed by atoms with van der Waals surface area (Å²) in [5, 5.41) is 3.32. The Kier molecular flexibility index (Phi) is 5.04. The molecule has 5 heteroatoms. The first-order chi connectivity index (χ1) is 9.40. The van der Waals surface area contributed by atoms with Gasteiger partial charge in [-0.3, -0.25) is 9.69 Å². The van der Waals surface area contributed by atoms with E-state index >= 15 is 0 Å². The van der Waals surface area contributed by atoms with Gasteiger partial charge >= 0.3 is 0 Å². The first kappa shape index (κ1) is 15.7. The van der Waals surface area contributed by atoms with Crippen LogP contribution in [0.25, 0.3) is 0 Å². The van der Waals surface area contributed by atoms with E-state index in [1.165, 1.54) is 25.9 Å². The normalized spacial score (nSPS) is 24.8. The Morgan fingerprint density at radius 1 is 1.30 bits per heavy atom. The molecule has 2 aliphatic rings. The van der Waals surface area contributed by atoms with Crippen molar-refractivity contribution < 1.29 is 4.79 Å². The Morgan fingerprint density at radius 2 is 1.90 bits per heavy atom. The molecule has 5 nitrogen and oxygen atoms in total. The first-order valence-electron chi connectivity index (χ1n) is 7.95. The van der Waals surface area contributed by atoms with Crippen LogP contribution in [0.15, 0.2) is 0 Å². The number of hydrogen-bond donors (Lipinski definition) is 2. The molecule has 0 spiro atoms. The van der Waals surface area contributed by atoms with Crippen LogP contribution in [0.3, 0.4) is 0 Å². The highest BCUT2D eigenvalue weighted by Crippen LogP contribution is 2.27. The van der Waals surface area contributed by atoms with E-state index in [1.54, 1.807) is 0 Å². The van der Waals surface area contributed by atoms with Crippen molar-refractivity contribution in [3.05, 3.63) is 0 Å². The van der Waals surface area contributed by atoms with Crippen LogP contribution in [-0.4, -0.2) is 66.1 Å². The number of hydrogen-bond acceptors (Lipinski definition) is 4. The monoisotopic (exact) mass is 282 g/mol. The molecule has 1 unspecified atom stereocenters. The molecule has 0 radical (unpaired) electrons. The zero-order valence-corrected chi connectivity index (χ0v) is 13.2. The van der Waals surface area contributed by atoms with Crippen molar-refractivity contribution in [2.45, 2.75) is 57.7 Å². The standard InChI is InChI=1S/C15H30N4O/c1-12(2)17-15(3,14(16)20)6-7-18-8-10-19(11-9-18)13-4-5-13/h12-13,17H,4-11H2,1-3H3,(H2,16,20). The smallest absolute Gasteiger partial charge is 0.237 e. The van der Waals surface area contributed by atoms with Gasteiger partial charge in [-0.15, -0.1) is 0 Å². The summed E-state index contributed by atoms with van der Waals surface area (Å²) in [6.07, 6.45) is 3.56. The average molecular weight is 282 g/mol. The Bertz CT molecular complexity index is 335. The first-order valence-corrected chi connectivity index (χ1v) is 7.95. The van der Waals surface area contributed by atoms with Crippen LogP contribution in [-0.2, 0) is 4.79 Å². The van der Waals surface area contributed by atoms with Crippen molar-refractivity contribution in [1.29, 1.82) is 0 Å². The van der Waals surface area contributed by atoms with E-state index in [0.29, 0.717) is 0 Å². The zero-order chi connectivity index (χ0) is 14.8. The lowest BCUT2D eigenvalue weighted by Gasteiger charge is -2.37. The maximum Gasteiger partial charge on any atom is 0.237 e. The van der Waals surface area contributed by atoms with Crippen molar-refractivity contribution in [2.75, 3.05) is 32.7 Å². The second-order valence-corrected chi connectivity index (χ2v) is 6.85. The Balaban J connectivity index is 1.76. The fourth-order valence-corrected chi connectivity index (χ4v) is 3.08. The van der Waals surface area contributed by atoms with Gasteiger partial charge in [0.2, 0.25) is 5.91 Å². The molecule has 3 N–H and O–H groups in total. The third kappa shape index (κ3) is 4.17. The lowest BCUT2D eigenvalue weighted by molar-refractivity contribution is -0.124. The molecular formula is C15H30N4O. The van der Waals surface area contributed by atoms with E-state index in [0.717, 1.165) is 32.1 Å². The molecule has 116 valence electrons. The molecule has 1 atom stereocenters. The number of amides is 1. The van der Waals surface area contributed by atoms with E-state index in [9.17, 15) is 4.79 Å². The highest BCUT2D eigenvalue weighted by atomic mass is 16.1. The van der Waals surface area contributed by atoms with E-state index in [1.807, 2.05) is 6.92 Å². The van der Waals surface area contributed by atoms with Crippen LogP contribution in [0.4, 0.5) is 0 Å². The van der Waals surface area contributed by atoms with Gasteiger partial charge in [-0.1, -0.05) is 0 Å². The number of nitrogens with one attached hydrogen (secondary N) is 1. The summed E-state index contributed by atoms with van der Waals surface area (Å²) < 4.78 is 0. The molecule has 0 aromatic rings. The number of carbonyl (C=O) groups is 1. The third-order valence-electron chi connectivity index (χ3n) is 4.55. The Hall–Kier alpha value is -0.650. The topological polar surface area (TPSA) is 61.6 Å². The number of nitrogens with zero attached hydrogens (tertiary/aromatic N) is 2. The highest BCUT2D eigenvalue weighted by Gasteiger charge is 2.34. The van der Waals surface area contributed by atoms with E-state index in [-0.39, 0.29) is 11.9 Å². The van der Waals surface area contributed by atoms with Gasteiger partial charge in [0.15, 0.2) is 0 Å². The average Bonchev–Trinajstić information content (AvgIpc) is 3.20. The summed E-state index contributed by atoms with van der Waals surface area (Å²) in [6.45, 7) is 11.6. The van der Waals surface area contributed by atoms with E-state index in [2.05, 4.69) is 29.0 Å². The lowest BCUT2D eigenvalue weighted by Crippen LogP contribution is -2.57. The molecule has 1 heterocycles. The number of rotatable bonds is 7. The summed E-state index contributed by atoms with van der Waals surface area (Å²) in [5.74, 6) is -0.247.